The van der Waals surface area contributed by atoms with Crippen LogP contribution in [0, 0.1) is 5.82 Å². The van der Waals surface area contributed by atoms with Crippen LogP contribution in [0.1, 0.15) is 32.4 Å². The van der Waals surface area contributed by atoms with Crippen molar-refractivity contribution in [2.24, 2.45) is 5.73 Å². The molecular formula is C14H21FN2O. The average Bonchev–Trinajstić information content (AvgIpc) is 2.32. The second-order valence-electron chi connectivity index (χ2n) is 5.14. The van der Waals surface area contributed by atoms with E-state index in [1.807, 2.05) is 32.9 Å². The van der Waals surface area contributed by atoms with Gasteiger partial charge in [0.05, 0.1) is 18.4 Å². The van der Waals surface area contributed by atoms with E-state index >= 15 is 0 Å². The third-order valence-corrected chi connectivity index (χ3v) is 3.41. The molecule has 1 aromatic rings. The normalized spacial score (nSPS) is 26.2. The quantitative estimate of drug-likeness (QED) is 0.878. The summed E-state index contributed by atoms with van der Waals surface area (Å²) in [6.45, 7) is 7.26. The van der Waals surface area contributed by atoms with Gasteiger partial charge in [-0.25, -0.2) is 4.39 Å². The molecule has 0 aromatic heterocycles. The lowest BCUT2D eigenvalue weighted by Gasteiger charge is -2.38. The minimum absolute atomic E-state index is 0.133. The number of morpholine rings is 1. The molecular weight excluding hydrogens is 231 g/mol. The van der Waals surface area contributed by atoms with Crippen LogP contribution in [0.5, 0.6) is 0 Å². The first-order valence-electron chi connectivity index (χ1n) is 6.42. The molecule has 0 amide bonds. The number of hydrogen-bond donors (Lipinski definition) is 1. The lowest BCUT2D eigenvalue weighted by Crippen LogP contribution is -2.47. The number of rotatable bonds is 2. The van der Waals surface area contributed by atoms with E-state index in [1.54, 1.807) is 0 Å². The highest BCUT2D eigenvalue weighted by molar-refractivity contribution is 5.51. The van der Waals surface area contributed by atoms with Crippen molar-refractivity contribution < 1.29 is 9.13 Å². The van der Waals surface area contributed by atoms with E-state index in [-0.39, 0.29) is 24.0 Å². The van der Waals surface area contributed by atoms with Crippen molar-refractivity contribution in [2.75, 3.05) is 18.1 Å². The third-order valence-electron chi connectivity index (χ3n) is 3.41. The first-order valence-corrected chi connectivity index (χ1v) is 6.42. The van der Waals surface area contributed by atoms with Gasteiger partial charge in [0.15, 0.2) is 0 Å². The van der Waals surface area contributed by atoms with Crippen molar-refractivity contribution >= 4 is 5.69 Å². The van der Waals surface area contributed by atoms with Crippen molar-refractivity contribution in [2.45, 2.75) is 39.0 Å². The largest absolute Gasteiger partial charge is 0.375 e. The summed E-state index contributed by atoms with van der Waals surface area (Å²) < 4.78 is 19.7. The molecule has 2 unspecified atom stereocenters. The van der Waals surface area contributed by atoms with Gasteiger partial charge in [0.1, 0.15) is 5.82 Å². The number of nitrogens with zero attached hydrogens (tertiary/aromatic N) is 1. The lowest BCUT2D eigenvalue weighted by molar-refractivity contribution is 0.0341. The molecule has 1 aliphatic rings. The van der Waals surface area contributed by atoms with E-state index in [2.05, 4.69) is 4.90 Å². The van der Waals surface area contributed by atoms with Crippen LogP contribution < -0.4 is 10.6 Å². The molecule has 1 fully saturated rings. The van der Waals surface area contributed by atoms with Gasteiger partial charge in [-0.1, -0.05) is 6.07 Å². The smallest absolute Gasteiger partial charge is 0.146 e. The summed E-state index contributed by atoms with van der Waals surface area (Å²) in [4.78, 5) is 2.06. The van der Waals surface area contributed by atoms with Crippen molar-refractivity contribution in [1.82, 2.24) is 0 Å². The fourth-order valence-corrected chi connectivity index (χ4v) is 2.28. The van der Waals surface area contributed by atoms with Crippen LogP contribution in [0.4, 0.5) is 10.1 Å². The van der Waals surface area contributed by atoms with Crippen LogP contribution in [0.25, 0.3) is 0 Å². The van der Waals surface area contributed by atoms with E-state index in [9.17, 15) is 4.39 Å². The zero-order valence-electron chi connectivity index (χ0n) is 11.2. The van der Waals surface area contributed by atoms with Crippen LogP contribution in [-0.2, 0) is 4.74 Å². The Morgan fingerprint density at radius 3 is 2.78 bits per heavy atom. The van der Waals surface area contributed by atoms with Crippen LogP contribution in [-0.4, -0.2) is 25.3 Å². The number of halogens is 1. The van der Waals surface area contributed by atoms with Gasteiger partial charge in [-0.05, 0) is 38.5 Å². The molecule has 0 saturated carbocycles. The fraction of sp³-hybridized carbons (Fsp3) is 0.571. The monoisotopic (exact) mass is 252 g/mol. The third kappa shape index (κ3) is 2.65. The number of ether oxygens (including phenoxy) is 1. The SMILES string of the molecule is CC1CN(c2ccc([C@@H](C)N)cc2F)C(C)CO1. The van der Waals surface area contributed by atoms with Gasteiger partial charge < -0.3 is 15.4 Å². The Morgan fingerprint density at radius 1 is 1.44 bits per heavy atom. The van der Waals surface area contributed by atoms with E-state index in [0.717, 1.165) is 12.1 Å². The summed E-state index contributed by atoms with van der Waals surface area (Å²) in [5.41, 5.74) is 7.23. The van der Waals surface area contributed by atoms with Crippen LogP contribution in [0.2, 0.25) is 0 Å². The minimum Gasteiger partial charge on any atom is -0.375 e. The zero-order chi connectivity index (χ0) is 13.3. The van der Waals surface area contributed by atoms with Gasteiger partial charge in [0.2, 0.25) is 0 Å². The second-order valence-corrected chi connectivity index (χ2v) is 5.14. The molecule has 18 heavy (non-hydrogen) atoms. The van der Waals surface area contributed by atoms with Gasteiger partial charge in [-0.2, -0.15) is 0 Å². The number of anilines is 1. The molecule has 4 heteroatoms. The first-order chi connectivity index (χ1) is 8.49. The molecule has 3 atom stereocenters. The highest BCUT2D eigenvalue weighted by atomic mass is 19.1. The zero-order valence-corrected chi connectivity index (χ0v) is 11.2. The molecule has 2 rings (SSSR count). The number of benzene rings is 1. The van der Waals surface area contributed by atoms with E-state index < -0.39 is 0 Å². The fourth-order valence-electron chi connectivity index (χ4n) is 2.28. The Morgan fingerprint density at radius 2 is 2.17 bits per heavy atom. The van der Waals surface area contributed by atoms with Crippen LogP contribution in [0.3, 0.4) is 0 Å². The summed E-state index contributed by atoms with van der Waals surface area (Å²) in [5, 5.41) is 0. The highest BCUT2D eigenvalue weighted by Crippen LogP contribution is 2.26. The molecule has 1 aromatic carbocycles. The molecule has 1 heterocycles. The van der Waals surface area contributed by atoms with Crippen LogP contribution in [0.15, 0.2) is 18.2 Å². The van der Waals surface area contributed by atoms with Gasteiger partial charge in [-0.3, -0.25) is 0 Å². The average molecular weight is 252 g/mol. The van der Waals surface area contributed by atoms with Crippen molar-refractivity contribution in [3.8, 4) is 0 Å². The molecule has 0 aliphatic carbocycles. The predicted molar refractivity (Wildman–Crippen MR) is 71.2 cm³/mol. The number of nitrogens with two attached hydrogens (primary N) is 1. The minimum atomic E-state index is -0.203. The summed E-state index contributed by atoms with van der Waals surface area (Å²) in [6, 6.07) is 5.30. The molecule has 0 bridgehead atoms. The van der Waals surface area contributed by atoms with Gasteiger partial charge in [-0.15, -0.1) is 0 Å². The van der Waals surface area contributed by atoms with Crippen molar-refractivity contribution in [3.05, 3.63) is 29.6 Å². The number of hydrogen-bond acceptors (Lipinski definition) is 3. The Hall–Kier alpha value is -1.13. The molecule has 0 radical (unpaired) electrons. The standard InChI is InChI=1S/C14H21FN2O/c1-9-8-18-10(2)7-17(9)14-5-4-12(11(3)16)6-13(14)15/h4-6,9-11H,7-8,16H2,1-3H3/t9?,10?,11-/m1/s1. The molecule has 0 spiro atoms. The maximum Gasteiger partial charge on any atom is 0.146 e. The van der Waals surface area contributed by atoms with E-state index in [0.29, 0.717) is 12.3 Å². The van der Waals surface area contributed by atoms with Crippen molar-refractivity contribution in [1.29, 1.82) is 0 Å². The van der Waals surface area contributed by atoms with Gasteiger partial charge in [0.25, 0.3) is 0 Å². The van der Waals surface area contributed by atoms with E-state index in [4.69, 9.17) is 10.5 Å². The predicted octanol–water partition coefficient (Wildman–Crippen LogP) is 2.46. The van der Waals surface area contributed by atoms with E-state index in [1.165, 1.54) is 6.07 Å². The van der Waals surface area contributed by atoms with Gasteiger partial charge in [0, 0.05) is 18.6 Å². The maximum absolute atomic E-state index is 14.2. The Labute approximate surface area is 108 Å². The topological polar surface area (TPSA) is 38.5 Å². The maximum atomic E-state index is 14.2. The molecule has 1 aliphatic heterocycles. The first kappa shape index (κ1) is 13.3. The summed E-state index contributed by atoms with van der Waals surface area (Å²) in [6.07, 6.45) is 0.133. The second kappa shape index (κ2) is 5.24. The molecule has 100 valence electrons. The molecule has 2 N–H and O–H groups in total. The summed E-state index contributed by atoms with van der Waals surface area (Å²) in [5.74, 6) is -0.203. The highest BCUT2D eigenvalue weighted by Gasteiger charge is 2.25. The lowest BCUT2D eigenvalue weighted by atomic mass is 10.1. The Bertz CT molecular complexity index is 422. The van der Waals surface area contributed by atoms with Crippen LogP contribution >= 0.6 is 0 Å². The van der Waals surface area contributed by atoms with Crippen molar-refractivity contribution in [3.63, 3.8) is 0 Å². The van der Waals surface area contributed by atoms with Gasteiger partial charge >= 0.3 is 0 Å². The molecule has 3 nitrogen and oxygen atoms in total. The summed E-state index contributed by atoms with van der Waals surface area (Å²) >= 11 is 0. The Balaban J connectivity index is 2.27. The molecule has 1 saturated heterocycles. The Kier molecular flexibility index (Phi) is 3.88. The summed E-state index contributed by atoms with van der Waals surface area (Å²) in [7, 11) is 0.